The zero-order chi connectivity index (χ0) is 14.7. The third kappa shape index (κ3) is 2.94. The summed E-state index contributed by atoms with van der Waals surface area (Å²) < 4.78 is 0. The van der Waals surface area contributed by atoms with E-state index in [-0.39, 0.29) is 5.56 Å². The van der Waals surface area contributed by atoms with Gasteiger partial charge in [0, 0.05) is 18.1 Å². The van der Waals surface area contributed by atoms with Crippen LogP contribution in [0.2, 0.25) is 0 Å². The molecule has 0 unspecified atom stereocenters. The Balaban J connectivity index is 2.20. The fraction of sp³-hybridized carbons (Fsp3) is 0.154. The summed E-state index contributed by atoms with van der Waals surface area (Å²) in [7, 11) is 1.51. The lowest BCUT2D eigenvalue weighted by Crippen LogP contribution is -2.32. The molecule has 0 aliphatic rings. The predicted molar refractivity (Wildman–Crippen MR) is 77.7 cm³/mol. The maximum Gasteiger partial charge on any atom is 0.337 e. The Bertz CT molecular complexity index is 654. The number of aryl methyl sites for hydroxylation is 1. The summed E-state index contributed by atoms with van der Waals surface area (Å²) in [6, 6.07) is 5.89. The summed E-state index contributed by atoms with van der Waals surface area (Å²) in [4.78, 5) is 29.5. The monoisotopic (exact) mass is 291 g/mol. The minimum atomic E-state index is -1.08. The van der Waals surface area contributed by atoms with Crippen LogP contribution in [0.3, 0.4) is 0 Å². The van der Waals surface area contributed by atoms with Crippen molar-refractivity contribution in [3.05, 3.63) is 40.9 Å². The summed E-state index contributed by atoms with van der Waals surface area (Å²) in [6.07, 6.45) is 1.66. The normalized spacial score (nSPS) is 10.1. The molecule has 2 rings (SSSR count). The number of carbonyl (C=O) groups excluding carboxylic acids is 1. The highest BCUT2D eigenvalue weighted by atomic mass is 32.1. The molecular formula is C13H13N3O3S. The van der Waals surface area contributed by atoms with Gasteiger partial charge in [0.2, 0.25) is 0 Å². The standard InChI is InChI=1S/C13H13N3O3S/c1-8-7-14-12(20-8)15-13(19)16(2)10-6-4-3-5-9(10)11(17)18/h3-7H,1-2H3,(H,17,18)(H,14,15,19). The van der Waals surface area contributed by atoms with Gasteiger partial charge in [0.1, 0.15) is 0 Å². The van der Waals surface area contributed by atoms with E-state index in [9.17, 15) is 9.59 Å². The summed E-state index contributed by atoms with van der Waals surface area (Å²) in [6.45, 7) is 1.89. The highest BCUT2D eigenvalue weighted by Gasteiger charge is 2.18. The molecule has 6 nitrogen and oxygen atoms in total. The van der Waals surface area contributed by atoms with E-state index in [1.54, 1.807) is 24.4 Å². The van der Waals surface area contributed by atoms with Crippen molar-refractivity contribution in [3.63, 3.8) is 0 Å². The number of amides is 2. The van der Waals surface area contributed by atoms with E-state index in [1.807, 2.05) is 6.92 Å². The molecule has 2 N–H and O–H groups in total. The van der Waals surface area contributed by atoms with E-state index in [4.69, 9.17) is 5.11 Å². The lowest BCUT2D eigenvalue weighted by atomic mass is 10.1. The van der Waals surface area contributed by atoms with Gasteiger partial charge in [-0.25, -0.2) is 14.6 Å². The summed E-state index contributed by atoms with van der Waals surface area (Å²) >= 11 is 1.35. The number of carboxylic acid groups (broad SMARTS) is 1. The van der Waals surface area contributed by atoms with Crippen molar-refractivity contribution >= 4 is 34.2 Å². The van der Waals surface area contributed by atoms with Crippen LogP contribution in [0.1, 0.15) is 15.2 Å². The number of hydrogen-bond acceptors (Lipinski definition) is 4. The molecular weight excluding hydrogens is 278 g/mol. The van der Waals surface area contributed by atoms with E-state index < -0.39 is 12.0 Å². The van der Waals surface area contributed by atoms with Gasteiger partial charge < -0.3 is 5.11 Å². The Kier molecular flexibility index (Phi) is 3.99. The molecule has 1 aromatic heterocycles. The topological polar surface area (TPSA) is 82.5 Å². The average molecular weight is 291 g/mol. The number of nitrogens with zero attached hydrogens (tertiary/aromatic N) is 2. The number of para-hydroxylation sites is 1. The van der Waals surface area contributed by atoms with Gasteiger partial charge in [-0.2, -0.15) is 0 Å². The number of rotatable bonds is 3. The number of nitrogens with one attached hydrogen (secondary N) is 1. The zero-order valence-electron chi connectivity index (χ0n) is 11.0. The number of benzene rings is 1. The van der Waals surface area contributed by atoms with Crippen molar-refractivity contribution in [1.29, 1.82) is 0 Å². The molecule has 0 spiro atoms. The van der Waals surface area contributed by atoms with Crippen molar-refractivity contribution in [1.82, 2.24) is 4.98 Å². The van der Waals surface area contributed by atoms with E-state index in [2.05, 4.69) is 10.3 Å². The smallest absolute Gasteiger partial charge is 0.337 e. The largest absolute Gasteiger partial charge is 0.478 e. The Morgan fingerprint density at radius 1 is 1.35 bits per heavy atom. The molecule has 20 heavy (non-hydrogen) atoms. The molecule has 0 radical (unpaired) electrons. The molecule has 2 aromatic rings. The van der Waals surface area contributed by atoms with Gasteiger partial charge in [-0.15, -0.1) is 11.3 Å². The first kappa shape index (κ1) is 14.0. The quantitative estimate of drug-likeness (QED) is 0.911. The third-order valence-electron chi connectivity index (χ3n) is 2.64. The fourth-order valence-corrected chi connectivity index (χ4v) is 2.30. The lowest BCUT2D eigenvalue weighted by Gasteiger charge is -2.18. The molecule has 2 amide bonds. The van der Waals surface area contributed by atoms with Gasteiger partial charge in [0.05, 0.1) is 11.3 Å². The van der Waals surface area contributed by atoms with E-state index >= 15 is 0 Å². The molecule has 0 aliphatic carbocycles. The van der Waals surface area contributed by atoms with Crippen LogP contribution >= 0.6 is 11.3 Å². The lowest BCUT2D eigenvalue weighted by molar-refractivity contribution is 0.0697. The van der Waals surface area contributed by atoms with Crippen LogP contribution in [-0.2, 0) is 0 Å². The summed E-state index contributed by atoms with van der Waals surface area (Å²) in [5, 5.41) is 12.2. The Morgan fingerprint density at radius 3 is 2.65 bits per heavy atom. The molecule has 7 heteroatoms. The fourth-order valence-electron chi connectivity index (χ4n) is 1.64. The minimum absolute atomic E-state index is 0.0699. The maximum absolute atomic E-state index is 12.1. The molecule has 0 aliphatic heterocycles. The number of carboxylic acids is 1. The van der Waals surface area contributed by atoms with Crippen molar-refractivity contribution in [2.75, 3.05) is 17.3 Å². The second kappa shape index (κ2) is 5.70. The number of carbonyl (C=O) groups is 2. The highest BCUT2D eigenvalue weighted by molar-refractivity contribution is 7.15. The van der Waals surface area contributed by atoms with Crippen molar-refractivity contribution < 1.29 is 14.7 Å². The van der Waals surface area contributed by atoms with Crippen molar-refractivity contribution in [2.24, 2.45) is 0 Å². The van der Waals surface area contributed by atoms with Gasteiger partial charge >= 0.3 is 12.0 Å². The van der Waals surface area contributed by atoms with Crippen LogP contribution in [0.4, 0.5) is 15.6 Å². The van der Waals surface area contributed by atoms with Crippen molar-refractivity contribution in [3.8, 4) is 0 Å². The molecule has 0 atom stereocenters. The molecule has 0 bridgehead atoms. The number of hydrogen-bond donors (Lipinski definition) is 2. The van der Waals surface area contributed by atoms with E-state index in [0.717, 1.165) is 4.88 Å². The Labute approximate surface area is 119 Å². The van der Waals surface area contributed by atoms with Gasteiger partial charge in [-0.1, -0.05) is 12.1 Å². The minimum Gasteiger partial charge on any atom is -0.478 e. The second-order valence-electron chi connectivity index (χ2n) is 4.09. The Hall–Kier alpha value is -2.41. The molecule has 0 saturated carbocycles. The average Bonchev–Trinajstić information content (AvgIpc) is 2.83. The molecule has 1 aromatic carbocycles. The van der Waals surface area contributed by atoms with Crippen LogP contribution < -0.4 is 10.2 Å². The van der Waals surface area contributed by atoms with Crippen LogP contribution in [0, 0.1) is 6.92 Å². The molecule has 104 valence electrons. The zero-order valence-corrected chi connectivity index (χ0v) is 11.8. The van der Waals surface area contributed by atoms with Crippen LogP contribution in [0.5, 0.6) is 0 Å². The SMILES string of the molecule is Cc1cnc(NC(=O)N(C)c2ccccc2C(=O)O)s1. The van der Waals surface area contributed by atoms with Crippen LogP contribution in [-0.4, -0.2) is 29.1 Å². The van der Waals surface area contributed by atoms with Gasteiger partial charge in [0.15, 0.2) is 5.13 Å². The van der Waals surface area contributed by atoms with Gasteiger partial charge in [-0.05, 0) is 19.1 Å². The summed E-state index contributed by atoms with van der Waals surface area (Å²) in [5.74, 6) is -1.08. The second-order valence-corrected chi connectivity index (χ2v) is 5.32. The number of anilines is 2. The highest BCUT2D eigenvalue weighted by Crippen LogP contribution is 2.21. The first-order valence-corrected chi connectivity index (χ1v) is 6.60. The summed E-state index contributed by atoms with van der Waals surface area (Å²) in [5.41, 5.74) is 0.395. The van der Waals surface area contributed by atoms with E-state index in [1.165, 1.54) is 29.4 Å². The van der Waals surface area contributed by atoms with Crippen molar-refractivity contribution in [2.45, 2.75) is 6.92 Å². The molecule has 0 saturated heterocycles. The number of aromatic nitrogens is 1. The van der Waals surface area contributed by atoms with Gasteiger partial charge in [-0.3, -0.25) is 10.2 Å². The third-order valence-corrected chi connectivity index (χ3v) is 3.46. The van der Waals surface area contributed by atoms with Gasteiger partial charge in [0.25, 0.3) is 0 Å². The van der Waals surface area contributed by atoms with Crippen LogP contribution in [0.25, 0.3) is 0 Å². The molecule has 1 heterocycles. The number of thiazole rings is 1. The van der Waals surface area contributed by atoms with Crippen LogP contribution in [0.15, 0.2) is 30.5 Å². The number of urea groups is 1. The predicted octanol–water partition coefficient (Wildman–Crippen LogP) is 2.82. The number of aromatic carboxylic acids is 1. The van der Waals surface area contributed by atoms with E-state index in [0.29, 0.717) is 10.8 Å². The Morgan fingerprint density at radius 2 is 2.05 bits per heavy atom. The molecule has 0 fully saturated rings. The first-order valence-electron chi connectivity index (χ1n) is 5.78. The first-order chi connectivity index (χ1) is 9.49. The maximum atomic E-state index is 12.1.